The maximum atomic E-state index is 12.6. The number of methoxy groups -OCH3 is 2. The molecule has 1 aromatic carbocycles. The van der Waals surface area contributed by atoms with Gasteiger partial charge in [0.05, 0.1) is 25.8 Å². The molecular weight excluding hydrogens is 378 g/mol. The first-order valence-electron chi connectivity index (χ1n) is 9.17. The Morgan fingerprint density at radius 2 is 2.14 bits per heavy atom. The van der Waals surface area contributed by atoms with Gasteiger partial charge in [-0.1, -0.05) is 13.8 Å². The molecule has 0 spiro atoms. The molecule has 0 radical (unpaired) electrons. The second-order valence-electron chi connectivity index (χ2n) is 7.19. The second kappa shape index (κ2) is 8.60. The molecule has 2 amide bonds. The van der Waals surface area contributed by atoms with Crippen molar-refractivity contribution >= 4 is 28.3 Å². The molecule has 3 rings (SSSR count). The van der Waals surface area contributed by atoms with Gasteiger partial charge in [-0.2, -0.15) is 0 Å². The Kier molecular flexibility index (Phi) is 6.18. The van der Waals surface area contributed by atoms with E-state index >= 15 is 0 Å². The molecule has 1 aliphatic rings. The van der Waals surface area contributed by atoms with Crippen LogP contribution in [0.2, 0.25) is 0 Å². The number of rotatable bonds is 7. The van der Waals surface area contributed by atoms with Gasteiger partial charge in [0.15, 0.2) is 5.13 Å². The zero-order valence-corrected chi connectivity index (χ0v) is 17.3. The van der Waals surface area contributed by atoms with Crippen molar-refractivity contribution < 1.29 is 19.1 Å². The van der Waals surface area contributed by atoms with Crippen molar-refractivity contribution in [2.75, 3.05) is 32.6 Å². The van der Waals surface area contributed by atoms with Gasteiger partial charge in [0.2, 0.25) is 11.8 Å². The number of nitrogens with one attached hydrogen (secondary N) is 1. The summed E-state index contributed by atoms with van der Waals surface area (Å²) in [4.78, 5) is 31.0. The largest absolute Gasteiger partial charge is 0.497 e. The van der Waals surface area contributed by atoms with E-state index in [4.69, 9.17) is 9.47 Å². The fourth-order valence-electron chi connectivity index (χ4n) is 3.24. The maximum Gasteiger partial charge on any atom is 0.231 e. The number of carbonyl (C=O) groups is 2. The highest BCUT2D eigenvalue weighted by molar-refractivity contribution is 7.14. The number of benzene rings is 1. The number of aromatic nitrogens is 1. The normalized spacial score (nSPS) is 16.5. The van der Waals surface area contributed by atoms with Crippen LogP contribution in [0, 0.1) is 11.8 Å². The van der Waals surface area contributed by atoms with Gasteiger partial charge in [0, 0.05) is 30.5 Å². The number of ether oxygens (including phenoxy) is 2. The minimum Gasteiger partial charge on any atom is -0.497 e. The quantitative estimate of drug-likeness (QED) is 0.767. The Bertz CT molecular complexity index is 865. The number of hydrogen-bond acceptors (Lipinski definition) is 6. The summed E-state index contributed by atoms with van der Waals surface area (Å²) in [5.74, 6) is 1.28. The summed E-state index contributed by atoms with van der Waals surface area (Å²) in [5.41, 5.74) is 1.48. The molecule has 1 fully saturated rings. The van der Waals surface area contributed by atoms with Crippen LogP contribution in [0.25, 0.3) is 11.3 Å². The summed E-state index contributed by atoms with van der Waals surface area (Å²) in [6.07, 6.45) is 0.250. The number of anilines is 1. The zero-order chi connectivity index (χ0) is 20.3. The van der Waals surface area contributed by atoms with Gasteiger partial charge < -0.3 is 19.7 Å². The third kappa shape index (κ3) is 4.44. The Labute approximate surface area is 168 Å². The van der Waals surface area contributed by atoms with E-state index < -0.39 is 0 Å². The van der Waals surface area contributed by atoms with Gasteiger partial charge in [0.1, 0.15) is 11.5 Å². The van der Waals surface area contributed by atoms with Crippen molar-refractivity contribution in [1.82, 2.24) is 9.88 Å². The van der Waals surface area contributed by atoms with E-state index in [2.05, 4.69) is 24.1 Å². The lowest BCUT2D eigenvalue weighted by molar-refractivity contribution is -0.128. The van der Waals surface area contributed by atoms with E-state index in [9.17, 15) is 9.59 Å². The monoisotopic (exact) mass is 403 g/mol. The molecular formula is C20H25N3O4S. The molecule has 2 aromatic rings. The van der Waals surface area contributed by atoms with Crippen LogP contribution >= 0.6 is 11.3 Å². The summed E-state index contributed by atoms with van der Waals surface area (Å²) in [5, 5.41) is 5.21. The Hall–Kier alpha value is -2.61. The molecule has 2 heterocycles. The fourth-order valence-corrected chi connectivity index (χ4v) is 3.96. The maximum absolute atomic E-state index is 12.6. The van der Waals surface area contributed by atoms with Crippen LogP contribution in [0.3, 0.4) is 0 Å². The molecule has 150 valence electrons. The van der Waals surface area contributed by atoms with Crippen molar-refractivity contribution in [3.05, 3.63) is 23.6 Å². The fraction of sp³-hybridized carbons (Fsp3) is 0.450. The van der Waals surface area contributed by atoms with Gasteiger partial charge in [-0.25, -0.2) is 4.98 Å². The molecule has 0 unspecified atom stereocenters. The average molecular weight is 404 g/mol. The molecule has 28 heavy (non-hydrogen) atoms. The highest BCUT2D eigenvalue weighted by atomic mass is 32.1. The lowest BCUT2D eigenvalue weighted by Gasteiger charge is -2.18. The van der Waals surface area contributed by atoms with Crippen LogP contribution in [0.15, 0.2) is 23.6 Å². The predicted octanol–water partition coefficient (Wildman–Crippen LogP) is 3.27. The first-order chi connectivity index (χ1) is 13.4. The summed E-state index contributed by atoms with van der Waals surface area (Å²) in [6, 6.07) is 5.48. The molecule has 0 saturated carbocycles. The number of nitrogens with zero attached hydrogens (tertiary/aromatic N) is 2. The Morgan fingerprint density at radius 3 is 2.82 bits per heavy atom. The highest BCUT2D eigenvalue weighted by Crippen LogP contribution is 2.35. The standard InChI is InChI=1S/C20H25N3O4S/c1-12(2)9-23-10-13(7-18(23)24)19(25)22-20-21-16(11-28-20)15-8-14(26-3)5-6-17(15)27-4/h5-6,8,11-13H,7,9-10H2,1-4H3,(H,21,22,25)/t13-/m0/s1. The zero-order valence-electron chi connectivity index (χ0n) is 16.5. The SMILES string of the molecule is COc1ccc(OC)c(-c2csc(NC(=O)[C@H]3CC(=O)N(CC(C)C)C3)n2)c1. The Morgan fingerprint density at radius 1 is 1.36 bits per heavy atom. The van der Waals surface area contributed by atoms with Gasteiger partial charge in [-0.15, -0.1) is 11.3 Å². The van der Waals surface area contributed by atoms with Crippen LogP contribution in [0.4, 0.5) is 5.13 Å². The lowest BCUT2D eigenvalue weighted by atomic mass is 10.1. The number of hydrogen-bond donors (Lipinski definition) is 1. The van der Waals surface area contributed by atoms with E-state index in [0.717, 1.165) is 5.56 Å². The summed E-state index contributed by atoms with van der Waals surface area (Å²) in [6.45, 7) is 5.26. The smallest absolute Gasteiger partial charge is 0.231 e. The van der Waals surface area contributed by atoms with Crippen LogP contribution < -0.4 is 14.8 Å². The van der Waals surface area contributed by atoms with E-state index in [-0.39, 0.29) is 24.2 Å². The molecule has 1 atom stereocenters. The van der Waals surface area contributed by atoms with Gasteiger partial charge in [0.25, 0.3) is 0 Å². The van der Waals surface area contributed by atoms with Crippen molar-refractivity contribution in [3.8, 4) is 22.8 Å². The number of amides is 2. The van der Waals surface area contributed by atoms with Crippen LogP contribution in [-0.4, -0.2) is 49.0 Å². The van der Waals surface area contributed by atoms with Crippen LogP contribution in [0.5, 0.6) is 11.5 Å². The summed E-state index contributed by atoms with van der Waals surface area (Å²) >= 11 is 1.34. The average Bonchev–Trinajstić information content (AvgIpc) is 3.27. The number of carbonyl (C=O) groups excluding carboxylic acids is 2. The van der Waals surface area contributed by atoms with E-state index in [1.165, 1.54) is 11.3 Å². The molecule has 8 heteroatoms. The van der Waals surface area contributed by atoms with Gasteiger partial charge in [-0.05, 0) is 24.1 Å². The van der Waals surface area contributed by atoms with E-state index in [0.29, 0.717) is 41.3 Å². The van der Waals surface area contributed by atoms with Crippen LogP contribution in [-0.2, 0) is 9.59 Å². The summed E-state index contributed by atoms with van der Waals surface area (Å²) in [7, 11) is 3.20. The number of likely N-dealkylation sites (tertiary alicyclic amines) is 1. The molecule has 0 aliphatic carbocycles. The highest BCUT2D eigenvalue weighted by Gasteiger charge is 2.34. The van der Waals surface area contributed by atoms with Crippen molar-refractivity contribution in [3.63, 3.8) is 0 Å². The molecule has 1 saturated heterocycles. The van der Waals surface area contributed by atoms with Gasteiger partial charge in [-0.3, -0.25) is 9.59 Å². The lowest BCUT2D eigenvalue weighted by Crippen LogP contribution is -2.31. The molecule has 1 aliphatic heterocycles. The third-order valence-electron chi connectivity index (χ3n) is 4.59. The molecule has 7 nitrogen and oxygen atoms in total. The molecule has 1 N–H and O–H groups in total. The van der Waals surface area contributed by atoms with Crippen molar-refractivity contribution in [2.24, 2.45) is 11.8 Å². The number of thiazole rings is 1. The third-order valence-corrected chi connectivity index (χ3v) is 5.35. The first kappa shape index (κ1) is 20.1. The summed E-state index contributed by atoms with van der Waals surface area (Å²) < 4.78 is 10.7. The van der Waals surface area contributed by atoms with E-state index in [1.807, 2.05) is 23.6 Å². The van der Waals surface area contributed by atoms with Crippen molar-refractivity contribution in [2.45, 2.75) is 20.3 Å². The topological polar surface area (TPSA) is 80.8 Å². The predicted molar refractivity (Wildman–Crippen MR) is 109 cm³/mol. The van der Waals surface area contributed by atoms with Gasteiger partial charge >= 0.3 is 0 Å². The Balaban J connectivity index is 1.70. The van der Waals surface area contributed by atoms with Crippen molar-refractivity contribution in [1.29, 1.82) is 0 Å². The molecule has 0 bridgehead atoms. The first-order valence-corrected chi connectivity index (χ1v) is 10.1. The molecule has 1 aromatic heterocycles. The second-order valence-corrected chi connectivity index (χ2v) is 8.05. The van der Waals surface area contributed by atoms with Crippen LogP contribution in [0.1, 0.15) is 20.3 Å². The van der Waals surface area contributed by atoms with E-state index in [1.54, 1.807) is 19.1 Å². The minimum absolute atomic E-state index is 0.0368. The minimum atomic E-state index is -0.343.